The number of carbonyl (C=O) groups is 4. The van der Waals surface area contributed by atoms with Gasteiger partial charge in [0.1, 0.15) is 43.7 Å². The maximum atomic E-state index is 12.9. The van der Waals surface area contributed by atoms with E-state index in [2.05, 4.69) is 0 Å². The molecule has 0 radical (unpaired) electrons. The van der Waals surface area contributed by atoms with E-state index in [-0.39, 0.29) is 44.6 Å². The van der Waals surface area contributed by atoms with Gasteiger partial charge < -0.3 is 54.0 Å². The molecule has 15 heteroatoms. The molecule has 6 unspecified atom stereocenters. The molecule has 0 bridgehead atoms. The number of carbonyl (C=O) groups excluding carboxylic acids is 4. The van der Waals surface area contributed by atoms with Gasteiger partial charge in [-0.25, -0.2) is 4.79 Å². The van der Waals surface area contributed by atoms with Gasteiger partial charge in [0, 0.05) is 51.0 Å². The minimum Gasteiger partial charge on any atom is -0.465 e. The number of cyclic esters (lactones) is 1. The normalized spacial score (nSPS) is 48.3. The van der Waals surface area contributed by atoms with Gasteiger partial charge >= 0.3 is 23.9 Å². The lowest BCUT2D eigenvalue weighted by Crippen LogP contribution is -2.76. The summed E-state index contributed by atoms with van der Waals surface area (Å²) in [5.74, 6) is -4.21. The summed E-state index contributed by atoms with van der Waals surface area (Å²) in [5.41, 5.74) is -4.93. The number of hydrogen-bond acceptors (Lipinski definition) is 15. The lowest BCUT2D eigenvalue weighted by molar-refractivity contribution is -0.343. The molecule has 0 aromatic carbocycles. The number of ether oxygens (including phenoxy) is 6. The van der Waals surface area contributed by atoms with Crippen LogP contribution in [0.3, 0.4) is 0 Å². The van der Waals surface area contributed by atoms with E-state index in [0.29, 0.717) is 12.8 Å². The van der Waals surface area contributed by atoms with E-state index in [1.165, 1.54) is 33.8 Å². The maximum Gasteiger partial charge on any atom is 0.331 e. The van der Waals surface area contributed by atoms with E-state index in [9.17, 15) is 44.7 Å². The highest BCUT2D eigenvalue weighted by Crippen LogP contribution is 2.71. The molecule has 6 rings (SSSR count). The van der Waals surface area contributed by atoms with E-state index in [1.807, 2.05) is 6.92 Å². The van der Waals surface area contributed by atoms with E-state index in [1.54, 1.807) is 0 Å². The first-order valence-electron chi connectivity index (χ1n) is 17.5. The molecule has 4 saturated carbocycles. The predicted molar refractivity (Wildman–Crippen MR) is 167 cm³/mol. The first kappa shape index (κ1) is 37.1. The summed E-state index contributed by atoms with van der Waals surface area (Å²) in [6.07, 6.45) is -7.39. The summed E-state index contributed by atoms with van der Waals surface area (Å²) >= 11 is 0. The van der Waals surface area contributed by atoms with E-state index in [4.69, 9.17) is 28.4 Å². The molecule has 15 nitrogen and oxygen atoms in total. The molecule has 280 valence electrons. The van der Waals surface area contributed by atoms with Crippen molar-refractivity contribution in [2.24, 2.45) is 28.6 Å². The van der Waals surface area contributed by atoms with Crippen molar-refractivity contribution in [1.82, 2.24) is 0 Å². The zero-order valence-electron chi connectivity index (χ0n) is 29.1. The molecule has 0 spiro atoms. The van der Waals surface area contributed by atoms with Crippen LogP contribution in [-0.4, -0.2) is 123 Å². The monoisotopic (exact) mass is 710 g/mol. The second kappa shape index (κ2) is 13.1. The maximum absolute atomic E-state index is 12.9. The van der Waals surface area contributed by atoms with E-state index >= 15 is 0 Å². The fourth-order valence-corrected chi connectivity index (χ4v) is 10.9. The molecule has 15 atom stereocenters. The summed E-state index contributed by atoms with van der Waals surface area (Å²) in [6.45, 7) is 6.78. The van der Waals surface area contributed by atoms with Gasteiger partial charge in [0.05, 0.1) is 28.8 Å². The molecule has 5 N–H and O–H groups in total. The molecule has 5 fully saturated rings. The summed E-state index contributed by atoms with van der Waals surface area (Å²) in [4.78, 5) is 50.2. The van der Waals surface area contributed by atoms with Crippen molar-refractivity contribution in [3.05, 3.63) is 11.6 Å². The highest BCUT2D eigenvalue weighted by atomic mass is 16.7. The SMILES string of the molecule is CC(=O)OC[C@]12C(OC(C)=O)CC(OC3O[C@@H](C)[C@H](O)[C@@H](O)[C@H]3O)CC1(O)CC[C@@H]1[C@@H]2C(OC(C)=O)C[C@]2(C)[C@@H](C3=CC(=O)OC3)CCC12O. The lowest BCUT2D eigenvalue weighted by Gasteiger charge is -2.68. The molecule has 0 aromatic heterocycles. The van der Waals surface area contributed by atoms with Gasteiger partial charge in [-0.15, -0.1) is 0 Å². The van der Waals surface area contributed by atoms with Gasteiger partial charge in [-0.3, -0.25) is 14.4 Å². The molecule has 2 aliphatic heterocycles. The molecular formula is C35H50O15. The second-order valence-electron chi connectivity index (χ2n) is 15.6. The third kappa shape index (κ3) is 5.77. The highest BCUT2D eigenvalue weighted by molar-refractivity contribution is 5.85. The van der Waals surface area contributed by atoms with Gasteiger partial charge in [-0.1, -0.05) is 6.92 Å². The molecule has 1 saturated heterocycles. The molecule has 0 amide bonds. The van der Waals surface area contributed by atoms with E-state index in [0.717, 1.165) is 5.57 Å². The Balaban J connectivity index is 1.44. The molecular weight excluding hydrogens is 660 g/mol. The molecule has 0 aromatic rings. The number of aliphatic hydroxyl groups excluding tert-OH is 3. The van der Waals surface area contributed by atoms with Crippen LogP contribution in [0.15, 0.2) is 11.6 Å². The molecule has 50 heavy (non-hydrogen) atoms. The number of esters is 4. The van der Waals surface area contributed by atoms with Crippen LogP contribution in [0.25, 0.3) is 0 Å². The summed E-state index contributed by atoms with van der Waals surface area (Å²) in [5, 5.41) is 57.2. The summed E-state index contributed by atoms with van der Waals surface area (Å²) in [6, 6.07) is 0. The Hall–Kier alpha value is -2.66. The van der Waals surface area contributed by atoms with E-state index < -0.39 is 113 Å². The van der Waals surface area contributed by atoms with Crippen LogP contribution < -0.4 is 0 Å². The van der Waals surface area contributed by atoms with Crippen molar-refractivity contribution in [2.45, 2.75) is 140 Å². The van der Waals surface area contributed by atoms with Crippen molar-refractivity contribution in [3.63, 3.8) is 0 Å². The minimum atomic E-state index is -1.80. The summed E-state index contributed by atoms with van der Waals surface area (Å²) < 4.78 is 34.9. The topological polar surface area (TPSA) is 225 Å². The number of rotatable bonds is 7. The second-order valence-corrected chi connectivity index (χ2v) is 15.6. The van der Waals surface area contributed by atoms with Crippen molar-refractivity contribution >= 4 is 23.9 Å². The highest BCUT2D eigenvalue weighted by Gasteiger charge is 2.77. The van der Waals surface area contributed by atoms with Gasteiger partial charge in [-0.05, 0) is 56.4 Å². The van der Waals surface area contributed by atoms with Crippen molar-refractivity contribution in [1.29, 1.82) is 0 Å². The van der Waals surface area contributed by atoms with Crippen molar-refractivity contribution < 1.29 is 73.1 Å². The van der Waals surface area contributed by atoms with Crippen LogP contribution in [0.4, 0.5) is 0 Å². The lowest BCUT2D eigenvalue weighted by atomic mass is 9.40. The van der Waals surface area contributed by atoms with Crippen LogP contribution in [0.5, 0.6) is 0 Å². The van der Waals surface area contributed by atoms with Crippen LogP contribution in [0.1, 0.15) is 79.6 Å². The zero-order valence-corrected chi connectivity index (χ0v) is 29.1. The Bertz CT molecular complexity index is 1420. The molecule has 2 heterocycles. The van der Waals surface area contributed by atoms with Crippen LogP contribution in [-0.2, 0) is 47.6 Å². The standard InChI is InChI=1S/C35H50O15/c1-16-28(40)29(41)30(42)31(47-16)50-21-11-25(49-19(4)38)34(15-46-17(2)36)27-23(6-8-33(34,43)12-21)35(44)9-7-22(20-10-26(39)45-14-20)32(35,5)13-24(27)48-18(3)37/h10,16,21-25,27-31,40-44H,6-9,11-15H2,1-5H3/t16-,21?,22+,23+,24?,25?,27+,28-,29+,30+,31?,32+,33?,34+,35?/m0/s1. The zero-order chi connectivity index (χ0) is 36.6. The minimum absolute atomic E-state index is 0.0407. The van der Waals surface area contributed by atoms with Crippen molar-refractivity contribution in [3.8, 4) is 0 Å². The largest absolute Gasteiger partial charge is 0.465 e. The summed E-state index contributed by atoms with van der Waals surface area (Å²) in [7, 11) is 0. The number of hydrogen-bond donors (Lipinski definition) is 5. The Morgan fingerprint density at radius 3 is 2.26 bits per heavy atom. The number of fused-ring (bicyclic) bond motifs is 5. The Morgan fingerprint density at radius 2 is 1.64 bits per heavy atom. The molecule has 4 aliphatic carbocycles. The fourth-order valence-electron chi connectivity index (χ4n) is 10.9. The van der Waals surface area contributed by atoms with Crippen LogP contribution in [0, 0.1) is 28.6 Å². The smallest absolute Gasteiger partial charge is 0.331 e. The van der Waals surface area contributed by atoms with Gasteiger partial charge in [-0.2, -0.15) is 0 Å². The third-order valence-corrected chi connectivity index (χ3v) is 13.0. The fraction of sp³-hybridized carbons (Fsp3) is 0.829. The van der Waals surface area contributed by atoms with Crippen LogP contribution >= 0.6 is 0 Å². The first-order valence-corrected chi connectivity index (χ1v) is 17.5. The molecule has 6 aliphatic rings. The Morgan fingerprint density at radius 1 is 0.940 bits per heavy atom. The van der Waals surface area contributed by atoms with Gasteiger partial charge in [0.15, 0.2) is 6.29 Å². The van der Waals surface area contributed by atoms with Crippen molar-refractivity contribution in [2.75, 3.05) is 13.2 Å². The Kier molecular flexibility index (Phi) is 9.71. The average Bonchev–Trinajstić information content (AvgIpc) is 3.56. The van der Waals surface area contributed by atoms with Crippen LogP contribution in [0.2, 0.25) is 0 Å². The average molecular weight is 711 g/mol. The first-order chi connectivity index (χ1) is 23.4. The predicted octanol–water partition coefficient (Wildman–Crippen LogP) is 0.197. The number of aliphatic hydroxyl groups is 5. The Labute approximate surface area is 290 Å². The third-order valence-electron chi connectivity index (χ3n) is 13.0. The quantitative estimate of drug-likeness (QED) is 0.135. The van der Waals surface area contributed by atoms with Gasteiger partial charge in [0.2, 0.25) is 0 Å². The van der Waals surface area contributed by atoms with Gasteiger partial charge in [0.25, 0.3) is 0 Å².